The fourth-order valence-corrected chi connectivity index (χ4v) is 3.06. The predicted octanol–water partition coefficient (Wildman–Crippen LogP) is 3.62. The number of nitrogens with one attached hydrogen (secondary N) is 1. The van der Waals surface area contributed by atoms with Crippen LogP contribution in [0.1, 0.15) is 52.1 Å². The number of rotatable bonds is 6. The van der Waals surface area contributed by atoms with Crippen molar-refractivity contribution >= 4 is 11.4 Å². The molecule has 0 spiro atoms. The van der Waals surface area contributed by atoms with Crippen LogP contribution in [0.3, 0.4) is 0 Å². The van der Waals surface area contributed by atoms with E-state index in [-0.39, 0.29) is 36.2 Å². The van der Waals surface area contributed by atoms with Crippen LogP contribution in [0.25, 0.3) is 0 Å². The lowest BCUT2D eigenvalue weighted by molar-refractivity contribution is -0.119. The molecule has 1 aromatic heterocycles. The van der Waals surface area contributed by atoms with Gasteiger partial charge in [0.05, 0.1) is 12.6 Å². The van der Waals surface area contributed by atoms with Crippen LogP contribution in [0.5, 0.6) is 5.88 Å². The number of ether oxygens (including phenoxy) is 1. The molecule has 0 radical (unpaired) electrons. The highest BCUT2D eigenvalue weighted by molar-refractivity contribution is 7.90. The number of nitrogens with zero attached hydrogens (tertiary/aromatic N) is 1. The van der Waals surface area contributed by atoms with E-state index in [1.54, 1.807) is 12.3 Å². The number of pyridine rings is 1. The van der Waals surface area contributed by atoms with Gasteiger partial charge in [-0.25, -0.2) is 13.8 Å². The Morgan fingerprint density at radius 1 is 1.43 bits per heavy atom. The van der Waals surface area contributed by atoms with Crippen molar-refractivity contribution in [3.8, 4) is 5.88 Å². The smallest absolute Gasteiger partial charge is 0.248 e. The van der Waals surface area contributed by atoms with Gasteiger partial charge in [-0.05, 0) is 33.3 Å². The zero-order valence-electron chi connectivity index (χ0n) is 13.9. The lowest BCUT2D eigenvalue weighted by Gasteiger charge is -2.34. The summed E-state index contributed by atoms with van der Waals surface area (Å²) in [6.07, 6.45) is 1.44. The van der Waals surface area contributed by atoms with Crippen molar-refractivity contribution in [3.63, 3.8) is 0 Å². The molecule has 1 aliphatic rings. The fraction of sp³-hybridized carbons (Fsp3) is 0.688. The lowest BCUT2D eigenvalue weighted by Crippen LogP contribution is -2.40. The van der Waals surface area contributed by atoms with Crippen LogP contribution in [0.15, 0.2) is 18.3 Å². The largest absolute Gasteiger partial charge is 0.598 e. The molecule has 1 aromatic rings. The van der Waals surface area contributed by atoms with E-state index in [0.717, 1.165) is 5.56 Å². The van der Waals surface area contributed by atoms with Gasteiger partial charge in [0.1, 0.15) is 4.75 Å². The molecule has 0 amide bonds. The monoisotopic (exact) mass is 346 g/mol. The van der Waals surface area contributed by atoms with Crippen LogP contribution in [0.4, 0.5) is 8.78 Å². The Bertz CT molecular complexity index is 512. The molecule has 0 saturated heterocycles. The molecule has 0 aliphatic heterocycles. The van der Waals surface area contributed by atoms with E-state index in [2.05, 4.69) is 9.71 Å². The minimum atomic E-state index is -2.52. The van der Waals surface area contributed by atoms with Crippen LogP contribution >= 0.6 is 0 Å². The van der Waals surface area contributed by atoms with Crippen LogP contribution in [-0.2, 0) is 11.4 Å². The maximum absolute atomic E-state index is 12.7. The minimum absolute atomic E-state index is 0.0960. The van der Waals surface area contributed by atoms with Crippen LogP contribution in [0, 0.1) is 5.92 Å². The summed E-state index contributed by atoms with van der Waals surface area (Å²) >= 11 is -1.16. The molecule has 1 fully saturated rings. The second-order valence-electron chi connectivity index (χ2n) is 7.09. The van der Waals surface area contributed by atoms with Gasteiger partial charge in [0, 0.05) is 42.4 Å². The summed E-state index contributed by atoms with van der Waals surface area (Å²) in [4.78, 5) is 4.19. The van der Waals surface area contributed by atoms with Gasteiger partial charge in [-0.1, -0.05) is 6.07 Å². The van der Waals surface area contributed by atoms with Crippen molar-refractivity contribution in [2.24, 2.45) is 5.92 Å². The third kappa shape index (κ3) is 5.29. The summed E-state index contributed by atoms with van der Waals surface area (Å²) in [5, 5.41) is 0. The van der Waals surface area contributed by atoms with E-state index in [9.17, 15) is 13.3 Å². The van der Waals surface area contributed by atoms with Gasteiger partial charge in [0.15, 0.2) is 0 Å². The normalized spacial score (nSPS) is 20.7. The predicted molar refractivity (Wildman–Crippen MR) is 86.8 cm³/mol. The molecular formula is C16H24F2N2O2S. The zero-order valence-corrected chi connectivity index (χ0v) is 14.8. The molecule has 2 rings (SSSR count). The van der Waals surface area contributed by atoms with E-state index in [1.165, 1.54) is 0 Å². The van der Waals surface area contributed by atoms with Crippen LogP contribution in [-0.4, -0.2) is 26.8 Å². The molecule has 1 saturated carbocycles. The third-order valence-corrected chi connectivity index (χ3v) is 5.42. The van der Waals surface area contributed by atoms with Crippen molar-refractivity contribution in [1.29, 1.82) is 0 Å². The Labute approximate surface area is 139 Å². The molecule has 2 atom stereocenters. The molecule has 1 heterocycles. The van der Waals surface area contributed by atoms with Crippen LogP contribution in [0.2, 0.25) is 0 Å². The van der Waals surface area contributed by atoms with Gasteiger partial charge in [0.25, 0.3) is 0 Å². The molecule has 130 valence electrons. The molecule has 0 aromatic carbocycles. The first-order chi connectivity index (χ1) is 10.6. The van der Waals surface area contributed by atoms with Gasteiger partial charge < -0.3 is 9.29 Å². The maximum Gasteiger partial charge on any atom is 0.248 e. The van der Waals surface area contributed by atoms with E-state index in [1.807, 2.05) is 33.8 Å². The summed E-state index contributed by atoms with van der Waals surface area (Å²) in [6, 6.07) is 3.45. The highest BCUT2D eigenvalue weighted by atomic mass is 32.2. The summed E-state index contributed by atoms with van der Waals surface area (Å²) in [5.74, 6) is -2.19. The van der Waals surface area contributed by atoms with E-state index >= 15 is 0 Å². The molecule has 0 unspecified atom stereocenters. The SMILES string of the molecule is C[C@@H](N[S@+]([O-])C(C)(C)C)c1ccc(OCC2CC(F)(F)C2)nc1. The molecular weight excluding hydrogens is 322 g/mol. The van der Waals surface area contributed by atoms with E-state index in [0.29, 0.717) is 5.88 Å². The molecule has 1 aliphatic carbocycles. The minimum Gasteiger partial charge on any atom is -0.598 e. The van der Waals surface area contributed by atoms with Gasteiger partial charge in [-0.15, -0.1) is 4.72 Å². The Morgan fingerprint density at radius 3 is 2.57 bits per heavy atom. The van der Waals surface area contributed by atoms with Gasteiger partial charge >= 0.3 is 0 Å². The zero-order chi connectivity index (χ0) is 17.3. The van der Waals surface area contributed by atoms with Crippen molar-refractivity contribution < 1.29 is 18.1 Å². The first kappa shape index (κ1) is 18.4. The summed E-state index contributed by atoms with van der Waals surface area (Å²) in [7, 11) is 0. The Balaban J connectivity index is 1.82. The maximum atomic E-state index is 12.7. The number of alkyl halides is 2. The molecule has 0 bridgehead atoms. The number of hydrogen-bond acceptors (Lipinski definition) is 4. The van der Waals surface area contributed by atoms with Gasteiger partial charge in [0.2, 0.25) is 11.8 Å². The first-order valence-corrected chi connectivity index (χ1v) is 8.86. The topological polar surface area (TPSA) is 57.2 Å². The Hall–Kier alpha value is -0.920. The highest BCUT2D eigenvalue weighted by Crippen LogP contribution is 2.42. The number of hydrogen-bond donors (Lipinski definition) is 1. The lowest BCUT2D eigenvalue weighted by atomic mass is 9.82. The standard InChI is InChI=1S/C16H24F2N2O2S/c1-11(20-23(21)15(2,3)4)13-5-6-14(19-9-13)22-10-12-7-16(17,18)8-12/h5-6,9,11-12,20H,7-8,10H2,1-4H3/t11-,23-/m1/s1. The second-order valence-corrected chi connectivity index (χ2v) is 9.09. The summed E-state index contributed by atoms with van der Waals surface area (Å²) in [6.45, 7) is 7.90. The highest BCUT2D eigenvalue weighted by Gasteiger charge is 2.45. The van der Waals surface area contributed by atoms with Crippen molar-refractivity contribution in [3.05, 3.63) is 23.9 Å². The van der Waals surface area contributed by atoms with Gasteiger partial charge in [-0.3, -0.25) is 0 Å². The Morgan fingerprint density at radius 2 is 2.09 bits per heavy atom. The quantitative estimate of drug-likeness (QED) is 0.799. The van der Waals surface area contributed by atoms with E-state index in [4.69, 9.17) is 4.74 Å². The third-order valence-electron chi connectivity index (χ3n) is 3.74. The number of aromatic nitrogens is 1. The van der Waals surface area contributed by atoms with Crippen molar-refractivity contribution in [2.75, 3.05) is 6.61 Å². The second kappa shape index (κ2) is 6.91. The molecule has 4 nitrogen and oxygen atoms in total. The van der Waals surface area contributed by atoms with Crippen LogP contribution < -0.4 is 9.46 Å². The average Bonchev–Trinajstić information content (AvgIpc) is 2.42. The summed E-state index contributed by atoms with van der Waals surface area (Å²) < 4.78 is 45.7. The summed E-state index contributed by atoms with van der Waals surface area (Å²) in [5.41, 5.74) is 0.894. The molecule has 7 heteroatoms. The molecule has 1 N–H and O–H groups in total. The Kier molecular flexibility index (Phi) is 5.53. The average molecular weight is 346 g/mol. The fourth-order valence-electron chi connectivity index (χ4n) is 2.24. The van der Waals surface area contributed by atoms with Crippen molar-refractivity contribution in [1.82, 2.24) is 9.71 Å². The molecule has 23 heavy (non-hydrogen) atoms. The van der Waals surface area contributed by atoms with Gasteiger partial charge in [-0.2, -0.15) is 0 Å². The number of halogens is 2. The van der Waals surface area contributed by atoms with E-state index < -0.39 is 17.3 Å². The first-order valence-electron chi connectivity index (χ1n) is 7.71. The van der Waals surface area contributed by atoms with Crippen molar-refractivity contribution in [2.45, 2.75) is 57.2 Å².